The topological polar surface area (TPSA) is 76.0 Å². The van der Waals surface area contributed by atoms with Gasteiger partial charge in [0.2, 0.25) is 0 Å². The fraction of sp³-hybridized carbons (Fsp3) is 0.462. The molecule has 98 valence electrons. The van der Waals surface area contributed by atoms with Crippen LogP contribution < -0.4 is 0 Å². The predicted molar refractivity (Wildman–Crippen MR) is 62.8 cm³/mol. The Labute approximate surface area is 105 Å². The summed E-state index contributed by atoms with van der Waals surface area (Å²) in [5, 5.41) is 19.1. The van der Waals surface area contributed by atoms with Gasteiger partial charge in [-0.05, 0) is 19.1 Å². The molecular formula is C13H16O5. The van der Waals surface area contributed by atoms with Crippen LogP contribution in [-0.2, 0) is 9.47 Å². The lowest BCUT2D eigenvalue weighted by molar-refractivity contribution is -0.226. The van der Waals surface area contributed by atoms with Gasteiger partial charge in [0.05, 0.1) is 17.8 Å². The van der Waals surface area contributed by atoms with Gasteiger partial charge in [0.25, 0.3) is 0 Å². The first-order valence-corrected chi connectivity index (χ1v) is 5.85. The molecule has 1 saturated heterocycles. The van der Waals surface area contributed by atoms with Crippen LogP contribution in [0.4, 0.5) is 0 Å². The second-order valence-corrected chi connectivity index (χ2v) is 4.33. The summed E-state index contributed by atoms with van der Waals surface area (Å²) in [6.45, 7) is 1.65. The van der Waals surface area contributed by atoms with Crippen LogP contribution >= 0.6 is 0 Å². The Kier molecular flexibility index (Phi) is 3.96. The van der Waals surface area contributed by atoms with E-state index in [0.29, 0.717) is 5.56 Å². The summed E-state index contributed by atoms with van der Waals surface area (Å²) in [6.07, 6.45) is -3.20. The van der Waals surface area contributed by atoms with Gasteiger partial charge in [-0.1, -0.05) is 18.2 Å². The molecule has 0 amide bonds. The summed E-state index contributed by atoms with van der Waals surface area (Å²) in [5.41, 5.74) is 0.419. The van der Waals surface area contributed by atoms with Gasteiger partial charge in [0, 0.05) is 6.42 Å². The van der Waals surface area contributed by atoms with E-state index < -0.39 is 30.6 Å². The molecule has 2 rings (SSSR count). The Balaban J connectivity index is 2.03. The molecule has 18 heavy (non-hydrogen) atoms. The summed E-state index contributed by atoms with van der Waals surface area (Å²) in [6, 6.07) is 8.54. The molecule has 1 aliphatic heterocycles. The maximum Gasteiger partial charge on any atom is 0.338 e. The van der Waals surface area contributed by atoms with Gasteiger partial charge in [-0.2, -0.15) is 0 Å². The Hall–Kier alpha value is -1.43. The summed E-state index contributed by atoms with van der Waals surface area (Å²) < 4.78 is 10.3. The zero-order valence-electron chi connectivity index (χ0n) is 10.0. The van der Waals surface area contributed by atoms with Gasteiger partial charge in [0.15, 0.2) is 12.4 Å². The highest BCUT2D eigenvalue weighted by molar-refractivity contribution is 5.89. The number of carbonyl (C=O) groups is 1. The number of aliphatic hydroxyl groups is 2. The second kappa shape index (κ2) is 5.48. The van der Waals surface area contributed by atoms with Crippen LogP contribution in [0, 0.1) is 0 Å². The first kappa shape index (κ1) is 13.0. The van der Waals surface area contributed by atoms with Gasteiger partial charge in [0.1, 0.15) is 0 Å². The number of carbonyl (C=O) groups excluding carboxylic acids is 1. The van der Waals surface area contributed by atoms with Crippen molar-refractivity contribution in [1.82, 2.24) is 0 Å². The second-order valence-electron chi connectivity index (χ2n) is 4.33. The average molecular weight is 252 g/mol. The average Bonchev–Trinajstić information content (AvgIpc) is 2.34. The fourth-order valence-corrected chi connectivity index (χ4v) is 1.97. The normalized spacial score (nSPS) is 31.9. The van der Waals surface area contributed by atoms with E-state index in [1.165, 1.54) is 0 Å². The summed E-state index contributed by atoms with van der Waals surface area (Å²) >= 11 is 0. The highest BCUT2D eigenvalue weighted by atomic mass is 16.6. The minimum atomic E-state index is -1.01. The Morgan fingerprint density at radius 1 is 1.33 bits per heavy atom. The highest BCUT2D eigenvalue weighted by Gasteiger charge is 2.37. The first-order chi connectivity index (χ1) is 8.58. The van der Waals surface area contributed by atoms with E-state index in [4.69, 9.17) is 9.47 Å². The fourth-order valence-electron chi connectivity index (χ4n) is 1.97. The number of esters is 1. The lowest BCUT2D eigenvalue weighted by atomic mass is 10.0. The van der Waals surface area contributed by atoms with E-state index in [0.717, 1.165) is 0 Å². The minimum absolute atomic E-state index is 0.0388. The van der Waals surface area contributed by atoms with Crippen LogP contribution in [0.5, 0.6) is 0 Å². The van der Waals surface area contributed by atoms with Gasteiger partial charge >= 0.3 is 5.97 Å². The molecule has 0 bridgehead atoms. The number of hydrogen-bond donors (Lipinski definition) is 2. The molecule has 1 aromatic carbocycles. The zero-order chi connectivity index (χ0) is 13.1. The molecule has 1 aromatic rings. The molecule has 0 radical (unpaired) electrons. The molecule has 0 saturated carbocycles. The largest absolute Gasteiger partial charge is 0.453 e. The molecule has 1 fully saturated rings. The molecule has 0 spiro atoms. The summed E-state index contributed by atoms with van der Waals surface area (Å²) in [7, 11) is 0. The Bertz CT molecular complexity index is 393. The number of rotatable bonds is 2. The standard InChI is InChI=1S/C13H16O5/c1-8-12(10(14)7-11(15)17-8)18-13(16)9-5-3-2-4-6-9/h2-6,8,10-12,14-15H,7H2,1H3/t8-,10-,11+,12-/m1/s1. The number of benzene rings is 1. The van der Waals surface area contributed by atoms with Crippen LogP contribution in [0.3, 0.4) is 0 Å². The highest BCUT2D eigenvalue weighted by Crippen LogP contribution is 2.22. The third-order valence-corrected chi connectivity index (χ3v) is 2.91. The molecular weight excluding hydrogens is 236 g/mol. The van der Waals surface area contributed by atoms with Crippen LogP contribution in [0.15, 0.2) is 30.3 Å². The molecule has 1 aliphatic rings. The van der Waals surface area contributed by atoms with Crippen molar-refractivity contribution in [3.8, 4) is 0 Å². The zero-order valence-corrected chi connectivity index (χ0v) is 10.0. The van der Waals surface area contributed by atoms with Crippen LogP contribution in [0.2, 0.25) is 0 Å². The monoisotopic (exact) mass is 252 g/mol. The van der Waals surface area contributed by atoms with E-state index in [9.17, 15) is 15.0 Å². The number of ether oxygens (including phenoxy) is 2. The van der Waals surface area contributed by atoms with Crippen molar-refractivity contribution in [1.29, 1.82) is 0 Å². The maximum atomic E-state index is 11.8. The first-order valence-electron chi connectivity index (χ1n) is 5.85. The molecule has 5 nitrogen and oxygen atoms in total. The smallest absolute Gasteiger partial charge is 0.338 e. The van der Waals surface area contributed by atoms with Gasteiger partial charge in [-0.25, -0.2) is 4.79 Å². The lowest BCUT2D eigenvalue weighted by Gasteiger charge is -2.35. The van der Waals surface area contributed by atoms with E-state index in [-0.39, 0.29) is 6.42 Å². The van der Waals surface area contributed by atoms with Crippen molar-refractivity contribution in [2.24, 2.45) is 0 Å². The minimum Gasteiger partial charge on any atom is -0.453 e. The SMILES string of the molecule is C[C@H]1O[C@H](O)C[C@@H](O)[C@@H]1OC(=O)c1ccccc1. The van der Waals surface area contributed by atoms with Crippen molar-refractivity contribution in [2.75, 3.05) is 0 Å². The van der Waals surface area contributed by atoms with Crippen molar-refractivity contribution in [3.05, 3.63) is 35.9 Å². The lowest BCUT2D eigenvalue weighted by Crippen LogP contribution is -2.49. The van der Waals surface area contributed by atoms with Crippen molar-refractivity contribution < 1.29 is 24.5 Å². The van der Waals surface area contributed by atoms with Gasteiger partial charge in [-0.3, -0.25) is 0 Å². The molecule has 5 heteroatoms. The van der Waals surface area contributed by atoms with E-state index in [1.807, 2.05) is 0 Å². The Morgan fingerprint density at radius 3 is 2.61 bits per heavy atom. The molecule has 0 unspecified atom stereocenters. The summed E-state index contributed by atoms with van der Waals surface area (Å²) in [5.74, 6) is -0.508. The van der Waals surface area contributed by atoms with Gasteiger partial charge in [-0.15, -0.1) is 0 Å². The van der Waals surface area contributed by atoms with Crippen molar-refractivity contribution >= 4 is 5.97 Å². The van der Waals surface area contributed by atoms with E-state index in [2.05, 4.69) is 0 Å². The van der Waals surface area contributed by atoms with E-state index >= 15 is 0 Å². The van der Waals surface area contributed by atoms with Gasteiger partial charge < -0.3 is 19.7 Å². The van der Waals surface area contributed by atoms with Crippen molar-refractivity contribution in [3.63, 3.8) is 0 Å². The molecule has 2 N–H and O–H groups in total. The van der Waals surface area contributed by atoms with Crippen LogP contribution in [0.1, 0.15) is 23.7 Å². The van der Waals surface area contributed by atoms with Crippen molar-refractivity contribution in [2.45, 2.75) is 37.9 Å². The third-order valence-electron chi connectivity index (χ3n) is 2.91. The molecule has 1 heterocycles. The molecule has 0 aromatic heterocycles. The maximum absolute atomic E-state index is 11.8. The number of aliphatic hydroxyl groups excluding tert-OH is 2. The molecule has 4 atom stereocenters. The third kappa shape index (κ3) is 2.87. The number of hydrogen-bond acceptors (Lipinski definition) is 5. The Morgan fingerprint density at radius 2 is 2.00 bits per heavy atom. The van der Waals surface area contributed by atoms with Crippen LogP contribution in [-0.4, -0.2) is 40.8 Å². The predicted octanol–water partition coefficient (Wildman–Crippen LogP) is 0.700. The summed E-state index contributed by atoms with van der Waals surface area (Å²) in [4.78, 5) is 11.8. The van der Waals surface area contributed by atoms with E-state index in [1.54, 1.807) is 37.3 Å². The quantitative estimate of drug-likeness (QED) is 0.758. The molecule has 0 aliphatic carbocycles. The van der Waals surface area contributed by atoms with Crippen LogP contribution in [0.25, 0.3) is 0 Å².